The zero-order chi connectivity index (χ0) is 6.85. The predicted octanol–water partition coefficient (Wildman–Crippen LogP) is 0.753. The average Bonchev–Trinajstić information content (AvgIpc) is 2.10. The zero-order valence-electron chi connectivity index (χ0n) is 4.25. The molecule has 0 amide bonds. The van der Waals surface area contributed by atoms with Crippen molar-refractivity contribution >= 4 is 31.9 Å². The van der Waals surface area contributed by atoms with E-state index >= 15 is 0 Å². The summed E-state index contributed by atoms with van der Waals surface area (Å²) in [7, 11) is 0. The number of aliphatic hydroxyl groups is 1. The smallest absolute Gasteiger partial charge is 0.218 e. The molecule has 0 aliphatic heterocycles. The molecule has 0 bridgehead atoms. The maximum atomic E-state index is 8.54. The third-order valence-electron chi connectivity index (χ3n) is 0.735. The molecule has 0 saturated carbocycles. The van der Waals surface area contributed by atoms with Gasteiger partial charge in [-0.3, -0.25) is 0 Å². The van der Waals surface area contributed by atoms with Gasteiger partial charge in [0.2, 0.25) is 4.73 Å². The van der Waals surface area contributed by atoms with Crippen molar-refractivity contribution in [1.29, 1.82) is 0 Å². The molecule has 1 aromatic heterocycles. The standard InChI is InChI=1S/C3H3Br2N3O/c4-2-6-3(5)8(1-9)7-2/h9H,1H2. The van der Waals surface area contributed by atoms with Crippen LogP contribution in [0.2, 0.25) is 0 Å². The fraction of sp³-hybridized carbons (Fsp3) is 0.333. The number of aliphatic hydroxyl groups excluding tert-OH is 1. The Morgan fingerprint density at radius 3 is 2.44 bits per heavy atom. The first-order valence-electron chi connectivity index (χ1n) is 2.10. The highest BCUT2D eigenvalue weighted by Crippen LogP contribution is 2.09. The predicted molar refractivity (Wildman–Crippen MR) is 37.6 cm³/mol. The van der Waals surface area contributed by atoms with Crippen LogP contribution in [0.25, 0.3) is 0 Å². The molecule has 0 saturated heterocycles. The van der Waals surface area contributed by atoms with Crippen molar-refractivity contribution < 1.29 is 5.11 Å². The van der Waals surface area contributed by atoms with E-state index in [0.717, 1.165) is 0 Å². The van der Waals surface area contributed by atoms with Crippen molar-refractivity contribution in [3.8, 4) is 0 Å². The van der Waals surface area contributed by atoms with Crippen LogP contribution in [0.3, 0.4) is 0 Å². The van der Waals surface area contributed by atoms with Crippen LogP contribution in [-0.2, 0) is 6.73 Å². The maximum absolute atomic E-state index is 8.54. The van der Waals surface area contributed by atoms with Crippen LogP contribution < -0.4 is 0 Å². The highest BCUT2D eigenvalue weighted by atomic mass is 79.9. The largest absolute Gasteiger partial charge is 0.374 e. The third-order valence-corrected chi connectivity index (χ3v) is 1.66. The SMILES string of the molecule is OCn1nc(Br)nc1Br. The van der Waals surface area contributed by atoms with E-state index in [0.29, 0.717) is 9.47 Å². The fourth-order valence-corrected chi connectivity index (χ4v) is 1.34. The van der Waals surface area contributed by atoms with Gasteiger partial charge in [0.1, 0.15) is 6.73 Å². The van der Waals surface area contributed by atoms with Gasteiger partial charge in [0.25, 0.3) is 0 Å². The molecule has 0 fully saturated rings. The second kappa shape index (κ2) is 2.76. The summed E-state index contributed by atoms with van der Waals surface area (Å²) in [6.07, 6.45) is 0. The van der Waals surface area contributed by atoms with Crippen molar-refractivity contribution in [2.24, 2.45) is 0 Å². The van der Waals surface area contributed by atoms with Gasteiger partial charge in [-0.05, 0) is 31.9 Å². The normalized spacial score (nSPS) is 10.1. The van der Waals surface area contributed by atoms with Gasteiger partial charge in [-0.15, -0.1) is 5.10 Å². The van der Waals surface area contributed by atoms with Gasteiger partial charge in [-0.1, -0.05) is 0 Å². The quantitative estimate of drug-likeness (QED) is 0.807. The van der Waals surface area contributed by atoms with E-state index in [4.69, 9.17) is 5.11 Å². The van der Waals surface area contributed by atoms with Gasteiger partial charge in [-0.2, -0.15) is 4.98 Å². The van der Waals surface area contributed by atoms with Gasteiger partial charge >= 0.3 is 0 Å². The van der Waals surface area contributed by atoms with Crippen LogP contribution in [0.15, 0.2) is 9.47 Å². The van der Waals surface area contributed by atoms with Gasteiger partial charge < -0.3 is 5.11 Å². The fourth-order valence-electron chi connectivity index (χ4n) is 0.387. The van der Waals surface area contributed by atoms with Crippen LogP contribution in [0, 0.1) is 0 Å². The lowest BCUT2D eigenvalue weighted by molar-refractivity contribution is 0.191. The molecule has 0 aliphatic carbocycles. The summed E-state index contributed by atoms with van der Waals surface area (Å²) in [5.41, 5.74) is 0. The molecule has 1 rings (SSSR count). The molecule has 0 aliphatic rings. The molecule has 6 heteroatoms. The topological polar surface area (TPSA) is 50.9 Å². The lowest BCUT2D eigenvalue weighted by Crippen LogP contribution is -1.98. The average molecular weight is 257 g/mol. The van der Waals surface area contributed by atoms with Crippen LogP contribution in [-0.4, -0.2) is 19.9 Å². The van der Waals surface area contributed by atoms with Crippen LogP contribution in [0.5, 0.6) is 0 Å². The van der Waals surface area contributed by atoms with Crippen LogP contribution >= 0.6 is 31.9 Å². The molecule has 1 N–H and O–H groups in total. The van der Waals surface area contributed by atoms with Crippen molar-refractivity contribution in [1.82, 2.24) is 14.8 Å². The molecule has 1 heterocycles. The van der Waals surface area contributed by atoms with Crippen LogP contribution in [0.1, 0.15) is 0 Å². The molecule has 0 aromatic carbocycles. The van der Waals surface area contributed by atoms with E-state index in [-0.39, 0.29) is 6.73 Å². The Hall–Kier alpha value is 0.0600. The number of hydrogen-bond donors (Lipinski definition) is 1. The molecule has 0 atom stereocenters. The molecule has 50 valence electrons. The lowest BCUT2D eigenvalue weighted by Gasteiger charge is -1.90. The molecule has 0 unspecified atom stereocenters. The minimum atomic E-state index is -0.167. The molecule has 0 spiro atoms. The second-order valence-electron chi connectivity index (χ2n) is 1.29. The summed E-state index contributed by atoms with van der Waals surface area (Å²) in [6, 6.07) is 0. The summed E-state index contributed by atoms with van der Waals surface area (Å²) in [6.45, 7) is -0.167. The first-order valence-corrected chi connectivity index (χ1v) is 3.69. The van der Waals surface area contributed by atoms with E-state index in [2.05, 4.69) is 41.9 Å². The van der Waals surface area contributed by atoms with Crippen molar-refractivity contribution in [3.05, 3.63) is 9.47 Å². The summed E-state index contributed by atoms with van der Waals surface area (Å²) in [5.74, 6) is 0. The summed E-state index contributed by atoms with van der Waals surface area (Å²) in [5, 5.41) is 12.3. The number of hydrogen-bond acceptors (Lipinski definition) is 3. The second-order valence-corrected chi connectivity index (χ2v) is 2.71. The zero-order valence-corrected chi connectivity index (χ0v) is 7.42. The van der Waals surface area contributed by atoms with Crippen LogP contribution in [0.4, 0.5) is 0 Å². The molecule has 4 nitrogen and oxygen atoms in total. The Labute approximate surface area is 68.2 Å². The first-order chi connectivity index (χ1) is 4.24. The van der Waals surface area contributed by atoms with E-state index in [1.54, 1.807) is 0 Å². The van der Waals surface area contributed by atoms with E-state index < -0.39 is 0 Å². The molecule has 0 radical (unpaired) electrons. The lowest BCUT2D eigenvalue weighted by atomic mass is 11.1. The summed E-state index contributed by atoms with van der Waals surface area (Å²) in [4.78, 5) is 3.81. The molecular weight excluding hydrogens is 254 g/mol. The highest BCUT2D eigenvalue weighted by Gasteiger charge is 2.01. The molecular formula is C3H3Br2N3O. The Morgan fingerprint density at radius 2 is 2.22 bits per heavy atom. The first kappa shape index (κ1) is 7.17. The number of nitrogens with zero attached hydrogens (tertiary/aromatic N) is 3. The van der Waals surface area contributed by atoms with E-state index in [1.165, 1.54) is 4.68 Å². The maximum Gasteiger partial charge on any atom is 0.218 e. The van der Waals surface area contributed by atoms with Crippen molar-refractivity contribution in [2.45, 2.75) is 6.73 Å². The minimum Gasteiger partial charge on any atom is -0.374 e. The number of halogens is 2. The summed E-state index contributed by atoms with van der Waals surface area (Å²) < 4.78 is 2.28. The van der Waals surface area contributed by atoms with E-state index in [9.17, 15) is 0 Å². The molecule has 9 heavy (non-hydrogen) atoms. The Balaban J connectivity index is 3.01. The van der Waals surface area contributed by atoms with Gasteiger partial charge in [0.05, 0.1) is 0 Å². The third kappa shape index (κ3) is 1.50. The monoisotopic (exact) mass is 255 g/mol. The Morgan fingerprint density at radius 1 is 1.56 bits per heavy atom. The number of aromatic nitrogens is 3. The van der Waals surface area contributed by atoms with Gasteiger partial charge in [0, 0.05) is 0 Å². The Bertz CT molecular complexity index is 211. The Kier molecular flexibility index (Phi) is 2.20. The minimum absolute atomic E-state index is 0.167. The van der Waals surface area contributed by atoms with Crippen molar-refractivity contribution in [2.75, 3.05) is 0 Å². The summed E-state index contributed by atoms with van der Waals surface area (Å²) >= 11 is 6.12. The van der Waals surface area contributed by atoms with Crippen molar-refractivity contribution in [3.63, 3.8) is 0 Å². The van der Waals surface area contributed by atoms with E-state index in [1.807, 2.05) is 0 Å². The number of rotatable bonds is 1. The van der Waals surface area contributed by atoms with Gasteiger partial charge in [0.15, 0.2) is 4.73 Å². The highest BCUT2D eigenvalue weighted by molar-refractivity contribution is 9.11. The molecule has 1 aromatic rings. The van der Waals surface area contributed by atoms with Gasteiger partial charge in [-0.25, -0.2) is 4.68 Å².